The lowest BCUT2D eigenvalue weighted by Crippen LogP contribution is -2.44. The Labute approximate surface area is 101 Å². The van der Waals surface area contributed by atoms with E-state index in [0.29, 0.717) is 12.1 Å². The van der Waals surface area contributed by atoms with Gasteiger partial charge in [-0.2, -0.15) is 0 Å². The van der Waals surface area contributed by atoms with Crippen LogP contribution in [-0.4, -0.2) is 24.4 Å². The number of amides is 2. The fourth-order valence-electron chi connectivity index (χ4n) is 1.26. The van der Waals surface area contributed by atoms with Gasteiger partial charge in [0, 0.05) is 12.1 Å². The van der Waals surface area contributed by atoms with Gasteiger partial charge in [0.05, 0.1) is 0 Å². The number of nitrogens with one attached hydrogen (secondary N) is 2. The molecule has 0 aliphatic carbocycles. The number of hydrogen-bond acceptors (Lipinski definition) is 2. The third-order valence-electron chi connectivity index (χ3n) is 2.20. The van der Waals surface area contributed by atoms with Gasteiger partial charge in [-0.1, -0.05) is 24.3 Å². The zero-order chi connectivity index (χ0) is 12.7. The molecule has 2 N–H and O–H groups in total. The highest BCUT2D eigenvalue weighted by molar-refractivity contribution is 5.97. The lowest BCUT2D eigenvalue weighted by Gasteiger charge is -2.13. The summed E-state index contributed by atoms with van der Waals surface area (Å²) >= 11 is 0. The van der Waals surface area contributed by atoms with Gasteiger partial charge in [0.2, 0.25) is 5.91 Å². The van der Waals surface area contributed by atoms with Gasteiger partial charge in [0.15, 0.2) is 0 Å². The molecular formula is C13H16N2O2. The van der Waals surface area contributed by atoms with Gasteiger partial charge < -0.3 is 10.6 Å². The summed E-state index contributed by atoms with van der Waals surface area (Å²) < 4.78 is 0. The van der Waals surface area contributed by atoms with Crippen LogP contribution in [0.15, 0.2) is 43.0 Å². The Bertz CT molecular complexity index is 401. The molecule has 17 heavy (non-hydrogen) atoms. The smallest absolute Gasteiger partial charge is 0.251 e. The Hall–Kier alpha value is -2.10. The molecule has 0 aliphatic rings. The highest BCUT2D eigenvalue weighted by Gasteiger charge is 2.15. The summed E-state index contributed by atoms with van der Waals surface area (Å²) in [5.41, 5.74) is 0.538. The Morgan fingerprint density at radius 2 is 2.00 bits per heavy atom. The molecule has 90 valence electrons. The van der Waals surface area contributed by atoms with Gasteiger partial charge >= 0.3 is 0 Å². The first-order valence-corrected chi connectivity index (χ1v) is 5.39. The number of benzene rings is 1. The van der Waals surface area contributed by atoms with E-state index in [1.54, 1.807) is 37.3 Å². The normalized spacial score (nSPS) is 11.4. The van der Waals surface area contributed by atoms with Crippen LogP contribution < -0.4 is 10.6 Å². The van der Waals surface area contributed by atoms with E-state index >= 15 is 0 Å². The van der Waals surface area contributed by atoms with E-state index in [0.717, 1.165) is 0 Å². The molecule has 0 heterocycles. The molecule has 0 bridgehead atoms. The van der Waals surface area contributed by atoms with Crippen LogP contribution >= 0.6 is 0 Å². The minimum atomic E-state index is -0.567. The lowest BCUT2D eigenvalue weighted by atomic mass is 10.2. The SMILES string of the molecule is C=CCNC(=O)[C@H](C)NC(=O)c1ccccc1. The van der Waals surface area contributed by atoms with E-state index < -0.39 is 6.04 Å². The molecule has 0 spiro atoms. The molecular weight excluding hydrogens is 216 g/mol. The number of carbonyl (C=O) groups excluding carboxylic acids is 2. The first kappa shape index (κ1) is 13.0. The van der Waals surface area contributed by atoms with E-state index in [1.165, 1.54) is 0 Å². The number of rotatable bonds is 5. The van der Waals surface area contributed by atoms with Gasteiger partial charge in [0.1, 0.15) is 6.04 Å². The minimum absolute atomic E-state index is 0.228. The van der Waals surface area contributed by atoms with Crippen LogP contribution in [-0.2, 0) is 4.79 Å². The number of hydrogen-bond donors (Lipinski definition) is 2. The molecule has 0 radical (unpaired) electrons. The van der Waals surface area contributed by atoms with Crippen molar-refractivity contribution in [1.29, 1.82) is 0 Å². The third kappa shape index (κ3) is 4.10. The summed E-state index contributed by atoms with van der Waals surface area (Å²) in [6.07, 6.45) is 1.59. The molecule has 1 aromatic rings. The summed E-state index contributed by atoms with van der Waals surface area (Å²) in [4.78, 5) is 23.2. The average molecular weight is 232 g/mol. The van der Waals surface area contributed by atoms with Crippen LogP contribution in [0.2, 0.25) is 0 Å². The quantitative estimate of drug-likeness (QED) is 0.747. The monoisotopic (exact) mass is 232 g/mol. The second kappa shape index (κ2) is 6.48. The van der Waals surface area contributed by atoms with Gasteiger partial charge in [-0.15, -0.1) is 6.58 Å². The standard InChI is InChI=1S/C13H16N2O2/c1-3-9-14-12(16)10(2)15-13(17)11-7-5-4-6-8-11/h3-8,10H,1,9H2,2H3,(H,14,16)(H,15,17)/t10-/m0/s1. The maximum absolute atomic E-state index is 11.7. The van der Waals surface area contributed by atoms with E-state index in [2.05, 4.69) is 17.2 Å². The summed E-state index contributed by atoms with van der Waals surface area (Å²) in [6.45, 7) is 5.53. The Morgan fingerprint density at radius 1 is 1.35 bits per heavy atom. The first-order valence-electron chi connectivity index (χ1n) is 5.39. The molecule has 0 aromatic heterocycles. The predicted octanol–water partition coefficient (Wildman–Crippen LogP) is 1.11. The Balaban J connectivity index is 2.51. The summed E-state index contributed by atoms with van der Waals surface area (Å²) in [7, 11) is 0. The molecule has 0 fully saturated rings. The summed E-state index contributed by atoms with van der Waals surface area (Å²) in [5, 5.41) is 5.24. The van der Waals surface area contributed by atoms with Crippen LogP contribution in [0.3, 0.4) is 0 Å². The van der Waals surface area contributed by atoms with Gasteiger partial charge in [-0.25, -0.2) is 0 Å². The molecule has 0 aliphatic heterocycles. The highest BCUT2D eigenvalue weighted by Crippen LogP contribution is 1.98. The van der Waals surface area contributed by atoms with Crippen molar-refractivity contribution in [3.63, 3.8) is 0 Å². The molecule has 0 saturated carbocycles. The van der Waals surface area contributed by atoms with E-state index in [-0.39, 0.29) is 11.8 Å². The van der Waals surface area contributed by atoms with Crippen LogP contribution in [0.1, 0.15) is 17.3 Å². The van der Waals surface area contributed by atoms with Crippen molar-refractivity contribution in [2.45, 2.75) is 13.0 Å². The third-order valence-corrected chi connectivity index (χ3v) is 2.20. The molecule has 0 saturated heterocycles. The second-order valence-electron chi connectivity index (χ2n) is 3.60. The van der Waals surface area contributed by atoms with Crippen molar-refractivity contribution in [1.82, 2.24) is 10.6 Å². The van der Waals surface area contributed by atoms with Crippen molar-refractivity contribution in [3.8, 4) is 0 Å². The minimum Gasteiger partial charge on any atom is -0.351 e. The molecule has 4 heteroatoms. The molecule has 1 rings (SSSR count). The van der Waals surface area contributed by atoms with Crippen LogP contribution in [0.25, 0.3) is 0 Å². The fraction of sp³-hybridized carbons (Fsp3) is 0.231. The molecule has 0 unspecified atom stereocenters. The lowest BCUT2D eigenvalue weighted by molar-refractivity contribution is -0.122. The van der Waals surface area contributed by atoms with Crippen LogP contribution in [0.4, 0.5) is 0 Å². The van der Waals surface area contributed by atoms with E-state index in [1.807, 2.05) is 6.07 Å². The zero-order valence-corrected chi connectivity index (χ0v) is 9.77. The largest absolute Gasteiger partial charge is 0.351 e. The van der Waals surface area contributed by atoms with Crippen molar-refractivity contribution < 1.29 is 9.59 Å². The Kier molecular flexibility index (Phi) is 4.94. The van der Waals surface area contributed by atoms with Gasteiger partial charge in [-0.05, 0) is 19.1 Å². The highest BCUT2D eigenvalue weighted by atomic mass is 16.2. The number of carbonyl (C=O) groups is 2. The average Bonchev–Trinajstić information content (AvgIpc) is 2.36. The van der Waals surface area contributed by atoms with Gasteiger partial charge in [-0.3, -0.25) is 9.59 Å². The van der Waals surface area contributed by atoms with E-state index in [9.17, 15) is 9.59 Å². The maximum Gasteiger partial charge on any atom is 0.251 e. The summed E-state index contributed by atoms with van der Waals surface area (Å²) in [5.74, 6) is -0.485. The molecule has 1 aromatic carbocycles. The maximum atomic E-state index is 11.7. The van der Waals surface area contributed by atoms with E-state index in [4.69, 9.17) is 0 Å². The zero-order valence-electron chi connectivity index (χ0n) is 9.77. The summed E-state index contributed by atoms with van der Waals surface area (Å²) in [6, 6.07) is 8.21. The molecule has 2 amide bonds. The van der Waals surface area contributed by atoms with Gasteiger partial charge in [0.25, 0.3) is 5.91 Å². The topological polar surface area (TPSA) is 58.2 Å². The predicted molar refractivity (Wildman–Crippen MR) is 66.6 cm³/mol. The van der Waals surface area contributed by atoms with Crippen molar-refractivity contribution >= 4 is 11.8 Å². The fourth-order valence-corrected chi connectivity index (χ4v) is 1.26. The first-order chi connectivity index (χ1) is 8.15. The second-order valence-corrected chi connectivity index (χ2v) is 3.60. The van der Waals surface area contributed by atoms with Crippen molar-refractivity contribution in [2.75, 3.05) is 6.54 Å². The van der Waals surface area contributed by atoms with Crippen LogP contribution in [0.5, 0.6) is 0 Å². The Morgan fingerprint density at radius 3 is 2.59 bits per heavy atom. The van der Waals surface area contributed by atoms with Crippen molar-refractivity contribution in [3.05, 3.63) is 48.6 Å². The molecule has 4 nitrogen and oxygen atoms in total. The van der Waals surface area contributed by atoms with Crippen LogP contribution in [0, 0.1) is 0 Å². The van der Waals surface area contributed by atoms with Crippen molar-refractivity contribution in [2.24, 2.45) is 0 Å². The molecule has 1 atom stereocenters.